The van der Waals surface area contributed by atoms with Crippen molar-refractivity contribution in [2.75, 3.05) is 6.54 Å². The molecule has 1 aliphatic carbocycles. The van der Waals surface area contributed by atoms with E-state index in [-0.39, 0.29) is 5.91 Å². The fraction of sp³-hybridized carbons (Fsp3) is 0.300. The Hall–Kier alpha value is -2.87. The highest BCUT2D eigenvalue weighted by molar-refractivity contribution is 7.14. The molecule has 0 aliphatic heterocycles. The first kappa shape index (κ1) is 18.5. The second kappa shape index (κ2) is 7.63. The predicted octanol–water partition coefficient (Wildman–Crippen LogP) is 4.26. The minimum absolute atomic E-state index is 0.0705. The fourth-order valence-corrected chi connectivity index (χ4v) is 3.66. The number of carbonyl (C=O) groups is 1. The molecule has 0 spiro atoms. The van der Waals surface area contributed by atoms with Gasteiger partial charge in [0.25, 0.3) is 5.91 Å². The molecule has 1 fully saturated rings. The highest BCUT2D eigenvalue weighted by atomic mass is 32.1. The molecule has 0 aromatic carbocycles. The number of nitrogens with one attached hydrogen (secondary N) is 1. The summed E-state index contributed by atoms with van der Waals surface area (Å²) in [4.78, 5) is 21.5. The van der Waals surface area contributed by atoms with E-state index >= 15 is 0 Å². The lowest BCUT2D eigenvalue weighted by Crippen LogP contribution is -2.25. The number of nitrogens with zero attached hydrogens (tertiary/aromatic N) is 3. The van der Waals surface area contributed by atoms with Crippen LogP contribution in [-0.2, 0) is 0 Å². The summed E-state index contributed by atoms with van der Waals surface area (Å²) in [5.74, 6) is 0.769. The summed E-state index contributed by atoms with van der Waals surface area (Å²) >= 11 is 1.34. The standard InChI is InChI=1S/C20H19FN4O2S/c1-11-19(20(26)23-9-13-3-4-13)28-17(24-11)8-6-15-12(2)27-25-18(15)16-7-5-14(21)10-22-16/h5-8,10,13H,3-4,9H2,1-2H3,(H,23,26)/b8-6+. The van der Waals surface area contributed by atoms with Crippen molar-refractivity contribution in [3.05, 3.63) is 51.0 Å². The van der Waals surface area contributed by atoms with E-state index in [4.69, 9.17) is 4.52 Å². The van der Waals surface area contributed by atoms with Gasteiger partial charge in [0.2, 0.25) is 0 Å². The Balaban J connectivity index is 1.55. The minimum atomic E-state index is -0.410. The van der Waals surface area contributed by atoms with Crippen molar-refractivity contribution in [3.63, 3.8) is 0 Å². The van der Waals surface area contributed by atoms with Crippen LogP contribution >= 0.6 is 11.3 Å². The van der Waals surface area contributed by atoms with Crippen LogP contribution in [0.25, 0.3) is 23.5 Å². The molecule has 144 valence electrons. The first-order valence-corrected chi connectivity index (χ1v) is 9.85. The molecule has 4 rings (SSSR count). The molecule has 8 heteroatoms. The van der Waals surface area contributed by atoms with Gasteiger partial charge >= 0.3 is 0 Å². The molecule has 1 amide bonds. The van der Waals surface area contributed by atoms with Crippen LogP contribution in [0.15, 0.2) is 22.9 Å². The summed E-state index contributed by atoms with van der Waals surface area (Å²) in [7, 11) is 0. The van der Waals surface area contributed by atoms with Gasteiger partial charge in [0.15, 0.2) is 0 Å². The van der Waals surface area contributed by atoms with Crippen LogP contribution in [0.5, 0.6) is 0 Å². The Morgan fingerprint density at radius 3 is 2.89 bits per heavy atom. The minimum Gasteiger partial charge on any atom is -0.360 e. The number of aromatic nitrogens is 3. The lowest BCUT2D eigenvalue weighted by atomic mass is 10.1. The van der Waals surface area contributed by atoms with Crippen LogP contribution in [0.1, 0.15) is 44.5 Å². The summed E-state index contributed by atoms with van der Waals surface area (Å²) in [5.41, 5.74) is 2.50. The van der Waals surface area contributed by atoms with E-state index in [0.717, 1.165) is 18.3 Å². The SMILES string of the molecule is Cc1nc(/C=C/c2c(-c3ccc(F)cn3)noc2C)sc1C(=O)NCC1CC1. The molecule has 0 bridgehead atoms. The molecule has 0 atom stereocenters. The Morgan fingerprint density at radius 2 is 2.18 bits per heavy atom. The Labute approximate surface area is 165 Å². The molecule has 1 N–H and O–H groups in total. The quantitative estimate of drug-likeness (QED) is 0.671. The highest BCUT2D eigenvalue weighted by Crippen LogP contribution is 2.29. The maximum Gasteiger partial charge on any atom is 0.263 e. The van der Waals surface area contributed by atoms with Crippen molar-refractivity contribution in [2.24, 2.45) is 5.92 Å². The van der Waals surface area contributed by atoms with Gasteiger partial charge in [0, 0.05) is 12.1 Å². The second-order valence-corrected chi connectivity index (χ2v) is 7.85. The maximum absolute atomic E-state index is 13.1. The third kappa shape index (κ3) is 4.01. The number of carbonyl (C=O) groups excluding carboxylic acids is 1. The van der Waals surface area contributed by atoms with Gasteiger partial charge in [-0.3, -0.25) is 9.78 Å². The maximum atomic E-state index is 13.1. The number of rotatable bonds is 6. The summed E-state index contributed by atoms with van der Waals surface area (Å²) in [5, 5.41) is 7.72. The van der Waals surface area contributed by atoms with Crippen LogP contribution in [-0.4, -0.2) is 27.6 Å². The molecule has 3 heterocycles. The number of amides is 1. The highest BCUT2D eigenvalue weighted by Gasteiger charge is 2.23. The van der Waals surface area contributed by atoms with Crippen LogP contribution < -0.4 is 5.32 Å². The molecular weight excluding hydrogens is 379 g/mol. The molecule has 0 radical (unpaired) electrons. The van der Waals surface area contributed by atoms with Crippen LogP contribution in [0, 0.1) is 25.6 Å². The van der Waals surface area contributed by atoms with E-state index < -0.39 is 5.82 Å². The lowest BCUT2D eigenvalue weighted by molar-refractivity contribution is 0.0955. The van der Waals surface area contributed by atoms with E-state index in [1.807, 2.05) is 19.1 Å². The van der Waals surface area contributed by atoms with E-state index in [2.05, 4.69) is 20.4 Å². The molecule has 1 aliphatic rings. The van der Waals surface area contributed by atoms with Crippen LogP contribution in [0.4, 0.5) is 4.39 Å². The number of hydrogen-bond donors (Lipinski definition) is 1. The molecule has 1 saturated carbocycles. The predicted molar refractivity (Wildman–Crippen MR) is 105 cm³/mol. The van der Waals surface area contributed by atoms with Crippen LogP contribution in [0.3, 0.4) is 0 Å². The number of pyridine rings is 1. The Kier molecular flexibility index (Phi) is 5.04. The summed E-state index contributed by atoms with van der Waals surface area (Å²) in [6, 6.07) is 2.89. The molecule has 28 heavy (non-hydrogen) atoms. The van der Waals surface area contributed by atoms with Crippen molar-refractivity contribution in [3.8, 4) is 11.4 Å². The fourth-order valence-electron chi connectivity index (χ4n) is 2.77. The van der Waals surface area contributed by atoms with Crippen molar-refractivity contribution in [1.82, 2.24) is 20.4 Å². The van der Waals surface area contributed by atoms with Gasteiger partial charge in [0.05, 0.1) is 17.6 Å². The smallest absolute Gasteiger partial charge is 0.263 e. The van der Waals surface area contributed by atoms with Gasteiger partial charge in [-0.15, -0.1) is 11.3 Å². The average molecular weight is 398 g/mol. The zero-order chi connectivity index (χ0) is 19.7. The van der Waals surface area contributed by atoms with Gasteiger partial charge in [-0.2, -0.15) is 0 Å². The second-order valence-electron chi connectivity index (χ2n) is 6.82. The number of thiazole rings is 1. The number of aryl methyl sites for hydroxylation is 2. The topological polar surface area (TPSA) is 80.9 Å². The molecule has 0 unspecified atom stereocenters. The zero-order valence-corrected chi connectivity index (χ0v) is 16.3. The third-order valence-corrected chi connectivity index (χ3v) is 5.66. The molecule has 3 aromatic heterocycles. The van der Waals surface area contributed by atoms with E-state index in [0.29, 0.717) is 38.6 Å². The first-order valence-electron chi connectivity index (χ1n) is 9.03. The van der Waals surface area contributed by atoms with Gasteiger partial charge in [0.1, 0.15) is 27.2 Å². The molecule has 0 saturated heterocycles. The van der Waals surface area contributed by atoms with E-state index in [9.17, 15) is 9.18 Å². The summed E-state index contributed by atoms with van der Waals surface area (Å²) < 4.78 is 18.4. The average Bonchev–Trinajstić information content (AvgIpc) is 3.34. The number of halogens is 1. The van der Waals surface area contributed by atoms with Crippen molar-refractivity contribution < 1.29 is 13.7 Å². The van der Waals surface area contributed by atoms with Gasteiger partial charge in [-0.25, -0.2) is 9.37 Å². The van der Waals surface area contributed by atoms with Gasteiger partial charge in [-0.1, -0.05) is 5.16 Å². The molecule has 6 nitrogen and oxygen atoms in total. The number of hydrogen-bond acceptors (Lipinski definition) is 6. The molecule has 3 aromatic rings. The summed E-state index contributed by atoms with van der Waals surface area (Å²) in [6.45, 7) is 4.36. The van der Waals surface area contributed by atoms with E-state index in [1.165, 1.54) is 30.2 Å². The Morgan fingerprint density at radius 1 is 1.36 bits per heavy atom. The monoisotopic (exact) mass is 398 g/mol. The summed E-state index contributed by atoms with van der Waals surface area (Å²) in [6.07, 6.45) is 7.18. The normalized spacial score (nSPS) is 14.0. The first-order chi connectivity index (χ1) is 13.5. The van der Waals surface area contributed by atoms with Crippen molar-refractivity contribution in [1.29, 1.82) is 0 Å². The lowest BCUT2D eigenvalue weighted by Gasteiger charge is -2.01. The van der Waals surface area contributed by atoms with E-state index in [1.54, 1.807) is 13.0 Å². The van der Waals surface area contributed by atoms with Gasteiger partial charge < -0.3 is 9.84 Å². The van der Waals surface area contributed by atoms with Crippen molar-refractivity contribution >= 4 is 29.4 Å². The largest absolute Gasteiger partial charge is 0.360 e. The van der Waals surface area contributed by atoms with Crippen LogP contribution in [0.2, 0.25) is 0 Å². The van der Waals surface area contributed by atoms with Crippen molar-refractivity contribution in [2.45, 2.75) is 26.7 Å². The zero-order valence-electron chi connectivity index (χ0n) is 15.5. The Bertz CT molecular complexity index is 1040. The third-order valence-electron chi connectivity index (χ3n) is 4.54. The van der Waals surface area contributed by atoms with Gasteiger partial charge in [-0.05, 0) is 56.9 Å². The molecular formula is C20H19FN4O2S.